The Balaban J connectivity index is 1.55. The van der Waals surface area contributed by atoms with Gasteiger partial charge in [-0.25, -0.2) is 22.9 Å². The quantitative estimate of drug-likeness (QED) is 0.156. The molecule has 0 aliphatic rings. The number of nitrogens with one attached hydrogen (secondary N) is 2. The topological polar surface area (TPSA) is 185 Å². The highest BCUT2D eigenvalue weighted by atomic mass is 35.5. The van der Waals surface area contributed by atoms with Crippen LogP contribution in [0.5, 0.6) is 0 Å². The number of para-hydroxylation sites is 1. The standard InChI is InChI=1S/C23H18Cl2N6O8S2/c1-12-20(21(33)30(29(12)2)14-6-4-3-5-7-14)28-41(37,38)16-9-13(8-15(24)19(16)25)22(34)39-11-17(32)27-23-26-10-18(40-23)31(35)36/h3-10,28H,11H2,1-2H3,(H,26,27,32). The molecular formula is C23H18Cl2N6O8S2. The van der Waals surface area contributed by atoms with Crippen LogP contribution in [0.15, 0.2) is 58.4 Å². The minimum Gasteiger partial charge on any atom is -0.452 e. The average Bonchev–Trinajstić information content (AvgIpc) is 3.47. The molecule has 0 bridgehead atoms. The van der Waals surface area contributed by atoms with Crippen molar-refractivity contribution in [2.75, 3.05) is 16.6 Å². The van der Waals surface area contributed by atoms with E-state index in [4.69, 9.17) is 27.9 Å². The van der Waals surface area contributed by atoms with Crippen molar-refractivity contribution >= 4 is 72.3 Å². The van der Waals surface area contributed by atoms with Crippen LogP contribution in [0.25, 0.3) is 5.69 Å². The number of nitrogens with zero attached hydrogens (tertiary/aromatic N) is 4. The number of hydrogen-bond donors (Lipinski definition) is 2. The molecule has 0 radical (unpaired) electrons. The summed E-state index contributed by atoms with van der Waals surface area (Å²) >= 11 is 12.9. The van der Waals surface area contributed by atoms with Gasteiger partial charge in [0, 0.05) is 7.05 Å². The van der Waals surface area contributed by atoms with Gasteiger partial charge in [0.1, 0.15) is 16.8 Å². The zero-order valence-corrected chi connectivity index (χ0v) is 24.1. The summed E-state index contributed by atoms with van der Waals surface area (Å²) in [5, 5.41) is 11.9. The summed E-state index contributed by atoms with van der Waals surface area (Å²) in [6, 6.07) is 10.5. The maximum absolute atomic E-state index is 13.3. The molecular weight excluding hydrogens is 623 g/mol. The molecule has 4 aromatic rings. The van der Waals surface area contributed by atoms with Crippen LogP contribution in [-0.2, 0) is 26.6 Å². The fourth-order valence-corrected chi connectivity index (χ4v) is 6.11. The number of halogens is 2. The fraction of sp³-hybridized carbons (Fsp3) is 0.130. The molecule has 4 rings (SSSR count). The SMILES string of the molecule is Cc1c(NS(=O)(=O)c2cc(C(=O)OCC(=O)Nc3ncc([N+](=O)[O-])s3)cc(Cl)c2Cl)c(=O)n(-c2ccccc2)n1C. The molecule has 214 valence electrons. The van der Waals surface area contributed by atoms with Gasteiger partial charge in [0.25, 0.3) is 21.5 Å². The first-order valence-corrected chi connectivity index (χ1v) is 14.3. The van der Waals surface area contributed by atoms with Crippen LogP contribution in [0.1, 0.15) is 16.1 Å². The number of benzene rings is 2. The molecule has 0 aliphatic heterocycles. The second-order valence-corrected chi connectivity index (χ2v) is 11.6. The number of esters is 1. The Bertz CT molecular complexity index is 1850. The van der Waals surface area contributed by atoms with E-state index in [9.17, 15) is 32.9 Å². The third-order valence-corrected chi connectivity index (χ3v) is 8.72. The van der Waals surface area contributed by atoms with E-state index in [1.165, 1.54) is 16.3 Å². The number of nitro groups is 1. The molecule has 2 aromatic heterocycles. The highest BCUT2D eigenvalue weighted by molar-refractivity contribution is 7.92. The van der Waals surface area contributed by atoms with E-state index in [0.717, 1.165) is 18.3 Å². The van der Waals surface area contributed by atoms with Gasteiger partial charge in [0.2, 0.25) is 0 Å². The number of carbonyl (C=O) groups is 2. The molecule has 0 saturated carbocycles. The zero-order valence-electron chi connectivity index (χ0n) is 21.0. The number of sulfonamides is 1. The fourth-order valence-electron chi connectivity index (χ4n) is 3.53. The van der Waals surface area contributed by atoms with Crippen molar-refractivity contribution in [2.45, 2.75) is 11.8 Å². The molecule has 0 aliphatic carbocycles. The average molecular weight is 641 g/mol. The summed E-state index contributed by atoms with van der Waals surface area (Å²) in [4.78, 5) is 51.0. The van der Waals surface area contributed by atoms with Crippen molar-refractivity contribution in [2.24, 2.45) is 7.05 Å². The van der Waals surface area contributed by atoms with Gasteiger partial charge in [0.05, 0.1) is 31.9 Å². The van der Waals surface area contributed by atoms with Crippen LogP contribution in [0.2, 0.25) is 10.0 Å². The summed E-state index contributed by atoms with van der Waals surface area (Å²) in [6.07, 6.45) is 0.950. The first-order valence-electron chi connectivity index (χ1n) is 11.2. The van der Waals surface area contributed by atoms with Crippen molar-refractivity contribution in [1.29, 1.82) is 0 Å². The van der Waals surface area contributed by atoms with E-state index in [-0.39, 0.29) is 32.1 Å². The van der Waals surface area contributed by atoms with Gasteiger partial charge in [-0.2, -0.15) is 0 Å². The molecule has 0 atom stereocenters. The first kappa shape index (κ1) is 29.7. The molecule has 2 N–H and O–H groups in total. The van der Waals surface area contributed by atoms with Crippen molar-refractivity contribution in [3.63, 3.8) is 0 Å². The van der Waals surface area contributed by atoms with E-state index < -0.39 is 48.9 Å². The lowest BCUT2D eigenvalue weighted by Gasteiger charge is -2.12. The third-order valence-electron chi connectivity index (χ3n) is 5.56. The number of rotatable bonds is 9. The van der Waals surface area contributed by atoms with Gasteiger partial charge in [-0.1, -0.05) is 41.4 Å². The van der Waals surface area contributed by atoms with Crippen molar-refractivity contribution < 1.29 is 27.7 Å². The Kier molecular flexibility index (Phi) is 8.48. The molecule has 0 saturated heterocycles. The summed E-state index contributed by atoms with van der Waals surface area (Å²) in [5.74, 6) is -1.98. The van der Waals surface area contributed by atoms with E-state index in [2.05, 4.69) is 15.0 Å². The van der Waals surface area contributed by atoms with Gasteiger partial charge < -0.3 is 4.74 Å². The van der Waals surface area contributed by atoms with Gasteiger partial charge in [-0.05, 0) is 42.5 Å². The molecule has 0 spiro atoms. The lowest BCUT2D eigenvalue weighted by atomic mass is 10.2. The molecule has 1 amide bonds. The number of anilines is 2. The second kappa shape index (κ2) is 11.7. The maximum Gasteiger partial charge on any atom is 0.345 e. The van der Waals surface area contributed by atoms with Gasteiger partial charge in [-0.3, -0.25) is 34.4 Å². The molecule has 2 heterocycles. The third kappa shape index (κ3) is 6.25. The van der Waals surface area contributed by atoms with E-state index >= 15 is 0 Å². The Hall–Kier alpha value is -4.25. The number of amides is 1. The van der Waals surface area contributed by atoms with Crippen LogP contribution < -0.4 is 15.6 Å². The number of carbonyl (C=O) groups excluding carboxylic acids is 2. The van der Waals surface area contributed by atoms with Crippen LogP contribution in [0.4, 0.5) is 15.8 Å². The molecule has 41 heavy (non-hydrogen) atoms. The summed E-state index contributed by atoms with van der Waals surface area (Å²) in [5.41, 5.74) is -0.484. The predicted molar refractivity (Wildman–Crippen MR) is 151 cm³/mol. The summed E-state index contributed by atoms with van der Waals surface area (Å²) in [7, 11) is -2.99. The van der Waals surface area contributed by atoms with Crippen LogP contribution >= 0.6 is 34.5 Å². The largest absolute Gasteiger partial charge is 0.452 e. The predicted octanol–water partition coefficient (Wildman–Crippen LogP) is 3.75. The van der Waals surface area contributed by atoms with Gasteiger partial charge >= 0.3 is 11.0 Å². The van der Waals surface area contributed by atoms with Crippen LogP contribution in [0.3, 0.4) is 0 Å². The monoisotopic (exact) mass is 640 g/mol. The van der Waals surface area contributed by atoms with E-state index in [1.54, 1.807) is 37.4 Å². The Labute approximate surface area is 245 Å². The van der Waals surface area contributed by atoms with Crippen LogP contribution in [0, 0.1) is 17.0 Å². The highest BCUT2D eigenvalue weighted by Crippen LogP contribution is 2.32. The lowest BCUT2D eigenvalue weighted by Crippen LogP contribution is -2.23. The number of aromatic nitrogens is 3. The summed E-state index contributed by atoms with van der Waals surface area (Å²) < 4.78 is 36.6. The minimum atomic E-state index is -4.57. The molecule has 0 fully saturated rings. The molecule has 18 heteroatoms. The Morgan fingerprint density at radius 2 is 1.88 bits per heavy atom. The van der Waals surface area contributed by atoms with Crippen molar-refractivity contribution in [3.8, 4) is 5.69 Å². The highest BCUT2D eigenvalue weighted by Gasteiger charge is 2.27. The number of thiazole rings is 1. The van der Waals surface area contributed by atoms with Gasteiger partial charge in [-0.15, -0.1) is 0 Å². The first-order chi connectivity index (χ1) is 19.3. The number of hydrogen-bond acceptors (Lipinski definition) is 10. The van der Waals surface area contributed by atoms with Crippen molar-refractivity contribution in [1.82, 2.24) is 14.3 Å². The normalized spacial score (nSPS) is 11.2. The van der Waals surface area contributed by atoms with E-state index in [1.807, 2.05) is 0 Å². The Morgan fingerprint density at radius 3 is 2.51 bits per heavy atom. The Morgan fingerprint density at radius 1 is 1.20 bits per heavy atom. The zero-order chi connectivity index (χ0) is 30.1. The number of ether oxygens (including phenoxy) is 1. The second-order valence-electron chi connectivity index (χ2n) is 8.20. The smallest absolute Gasteiger partial charge is 0.345 e. The van der Waals surface area contributed by atoms with Crippen molar-refractivity contribution in [3.05, 3.63) is 90.4 Å². The summed E-state index contributed by atoms with van der Waals surface area (Å²) in [6.45, 7) is 0.713. The van der Waals surface area contributed by atoms with Gasteiger partial charge in [0.15, 0.2) is 11.7 Å². The molecule has 14 nitrogen and oxygen atoms in total. The van der Waals surface area contributed by atoms with E-state index in [0.29, 0.717) is 17.0 Å². The lowest BCUT2D eigenvalue weighted by molar-refractivity contribution is -0.380. The van der Waals surface area contributed by atoms with Crippen LogP contribution in [-0.4, -0.2) is 46.2 Å². The maximum atomic E-state index is 13.3. The molecule has 2 aromatic carbocycles. The minimum absolute atomic E-state index is 0.0886. The molecule has 0 unspecified atom stereocenters.